The summed E-state index contributed by atoms with van der Waals surface area (Å²) in [5, 5.41) is 2.57. The first-order valence-electron chi connectivity index (χ1n) is 6.62. The highest BCUT2D eigenvalue weighted by Gasteiger charge is 2.18. The highest BCUT2D eigenvalue weighted by Crippen LogP contribution is 2.18. The molecule has 1 aromatic carbocycles. The first-order chi connectivity index (χ1) is 9.04. The number of halogens is 1. The third-order valence-electron chi connectivity index (χ3n) is 3.51. The van der Waals surface area contributed by atoms with Gasteiger partial charge in [0.25, 0.3) is 0 Å². The van der Waals surface area contributed by atoms with Gasteiger partial charge in [-0.1, -0.05) is 6.92 Å². The van der Waals surface area contributed by atoms with Gasteiger partial charge in [0.05, 0.1) is 12.2 Å². The van der Waals surface area contributed by atoms with Crippen molar-refractivity contribution in [1.29, 1.82) is 0 Å². The van der Waals surface area contributed by atoms with Crippen molar-refractivity contribution in [1.82, 2.24) is 4.90 Å². The van der Waals surface area contributed by atoms with Crippen LogP contribution >= 0.6 is 0 Å². The molecule has 19 heavy (non-hydrogen) atoms. The largest absolute Gasteiger partial charge is 0.399 e. The number of carbonyl (C=O) groups excluding carboxylic acids is 1. The van der Waals surface area contributed by atoms with Crippen LogP contribution in [-0.4, -0.2) is 30.4 Å². The van der Waals surface area contributed by atoms with Crippen LogP contribution in [0.4, 0.5) is 15.8 Å². The lowest BCUT2D eigenvalue weighted by molar-refractivity contribution is -0.117. The Bertz CT molecular complexity index is 456. The van der Waals surface area contributed by atoms with E-state index in [1.165, 1.54) is 18.2 Å². The molecule has 0 aliphatic carbocycles. The molecule has 1 aliphatic rings. The zero-order valence-corrected chi connectivity index (χ0v) is 11.2. The number of rotatable bonds is 3. The first-order valence-corrected chi connectivity index (χ1v) is 6.62. The van der Waals surface area contributed by atoms with Crippen molar-refractivity contribution in [3.63, 3.8) is 0 Å². The molecular weight excluding hydrogens is 245 g/mol. The molecule has 1 saturated heterocycles. The SMILES string of the molecule is CC1CCN(CC(=O)Nc2cc(N)ccc2F)CC1. The van der Waals surface area contributed by atoms with E-state index < -0.39 is 5.82 Å². The average Bonchev–Trinajstić information content (AvgIpc) is 2.37. The van der Waals surface area contributed by atoms with Gasteiger partial charge in [-0.05, 0) is 50.0 Å². The maximum atomic E-state index is 13.5. The molecule has 1 heterocycles. The van der Waals surface area contributed by atoms with E-state index in [2.05, 4.69) is 17.1 Å². The minimum atomic E-state index is -0.463. The summed E-state index contributed by atoms with van der Waals surface area (Å²) in [5.74, 6) is 0.0690. The molecule has 0 unspecified atom stereocenters. The van der Waals surface area contributed by atoms with Crippen LogP contribution < -0.4 is 11.1 Å². The lowest BCUT2D eigenvalue weighted by atomic mass is 9.99. The summed E-state index contributed by atoms with van der Waals surface area (Å²) in [6.07, 6.45) is 2.22. The Hall–Kier alpha value is -1.62. The summed E-state index contributed by atoms with van der Waals surface area (Å²) in [6.45, 7) is 4.38. The predicted molar refractivity (Wildman–Crippen MR) is 74.3 cm³/mol. The van der Waals surface area contributed by atoms with Crippen molar-refractivity contribution >= 4 is 17.3 Å². The van der Waals surface area contributed by atoms with Crippen LogP contribution in [0, 0.1) is 11.7 Å². The fourth-order valence-electron chi connectivity index (χ4n) is 2.25. The molecule has 1 fully saturated rings. The van der Waals surface area contributed by atoms with Crippen molar-refractivity contribution in [2.24, 2.45) is 5.92 Å². The molecule has 3 N–H and O–H groups in total. The molecule has 4 nitrogen and oxygen atoms in total. The highest BCUT2D eigenvalue weighted by atomic mass is 19.1. The Labute approximate surface area is 112 Å². The number of benzene rings is 1. The molecule has 1 amide bonds. The van der Waals surface area contributed by atoms with Gasteiger partial charge in [-0.3, -0.25) is 9.69 Å². The second kappa shape index (κ2) is 6.02. The number of anilines is 2. The second-order valence-corrected chi connectivity index (χ2v) is 5.25. The van der Waals surface area contributed by atoms with E-state index in [0.717, 1.165) is 31.8 Å². The van der Waals surface area contributed by atoms with Gasteiger partial charge in [-0.25, -0.2) is 4.39 Å². The normalized spacial score (nSPS) is 17.4. The van der Waals surface area contributed by atoms with Gasteiger partial charge < -0.3 is 11.1 Å². The highest BCUT2D eigenvalue weighted by molar-refractivity contribution is 5.92. The minimum Gasteiger partial charge on any atom is -0.399 e. The van der Waals surface area contributed by atoms with Gasteiger partial charge in [0, 0.05) is 5.69 Å². The molecule has 1 aliphatic heterocycles. The van der Waals surface area contributed by atoms with Crippen molar-refractivity contribution in [3.8, 4) is 0 Å². The molecule has 0 atom stereocenters. The molecule has 0 spiro atoms. The van der Waals surface area contributed by atoms with Gasteiger partial charge in [-0.2, -0.15) is 0 Å². The van der Waals surface area contributed by atoms with E-state index in [0.29, 0.717) is 12.2 Å². The van der Waals surface area contributed by atoms with Crippen LogP contribution in [0.25, 0.3) is 0 Å². The first kappa shape index (κ1) is 13.8. The topological polar surface area (TPSA) is 58.4 Å². The Kier molecular flexibility index (Phi) is 4.37. The lowest BCUT2D eigenvalue weighted by Gasteiger charge is -2.29. The molecule has 0 bridgehead atoms. The number of likely N-dealkylation sites (tertiary alicyclic amines) is 1. The molecule has 0 saturated carbocycles. The van der Waals surface area contributed by atoms with Crippen LogP contribution in [-0.2, 0) is 4.79 Å². The summed E-state index contributed by atoms with van der Waals surface area (Å²) >= 11 is 0. The van der Waals surface area contributed by atoms with Gasteiger partial charge in [0.2, 0.25) is 5.91 Å². The van der Waals surface area contributed by atoms with Gasteiger partial charge in [-0.15, -0.1) is 0 Å². The number of nitrogens with zero attached hydrogens (tertiary/aromatic N) is 1. The molecule has 0 aromatic heterocycles. The Balaban J connectivity index is 1.89. The van der Waals surface area contributed by atoms with Crippen LogP contribution in [0.3, 0.4) is 0 Å². The third-order valence-corrected chi connectivity index (χ3v) is 3.51. The Morgan fingerprint density at radius 1 is 1.47 bits per heavy atom. The molecular formula is C14H20FN3O. The van der Waals surface area contributed by atoms with Gasteiger partial charge in [0.1, 0.15) is 5.82 Å². The van der Waals surface area contributed by atoms with Crippen LogP contribution in [0.2, 0.25) is 0 Å². The van der Waals surface area contributed by atoms with Gasteiger partial charge >= 0.3 is 0 Å². The number of amides is 1. The number of nitrogen functional groups attached to an aromatic ring is 1. The molecule has 5 heteroatoms. The lowest BCUT2D eigenvalue weighted by Crippen LogP contribution is -2.38. The van der Waals surface area contributed by atoms with Crippen LogP contribution in [0.1, 0.15) is 19.8 Å². The van der Waals surface area contributed by atoms with Crippen LogP contribution in [0.5, 0.6) is 0 Å². The number of hydrogen-bond donors (Lipinski definition) is 2. The minimum absolute atomic E-state index is 0.148. The predicted octanol–water partition coefficient (Wildman–Crippen LogP) is 2.08. The summed E-state index contributed by atoms with van der Waals surface area (Å²) in [6, 6.07) is 4.16. The molecule has 0 radical (unpaired) electrons. The van der Waals surface area contributed by atoms with E-state index in [-0.39, 0.29) is 11.6 Å². The third kappa shape index (κ3) is 3.92. The summed E-state index contributed by atoms with van der Waals surface area (Å²) in [7, 11) is 0. The summed E-state index contributed by atoms with van der Waals surface area (Å²) in [4.78, 5) is 14.0. The maximum absolute atomic E-state index is 13.5. The van der Waals surface area contributed by atoms with E-state index in [1.807, 2.05) is 0 Å². The second-order valence-electron chi connectivity index (χ2n) is 5.25. The van der Waals surface area contributed by atoms with Crippen LogP contribution in [0.15, 0.2) is 18.2 Å². The smallest absolute Gasteiger partial charge is 0.238 e. The monoisotopic (exact) mass is 265 g/mol. The Morgan fingerprint density at radius 3 is 2.84 bits per heavy atom. The van der Waals surface area contributed by atoms with Crippen molar-refractivity contribution in [2.75, 3.05) is 30.7 Å². The molecule has 1 aromatic rings. The summed E-state index contributed by atoms with van der Waals surface area (Å²) in [5.41, 5.74) is 6.16. The fourth-order valence-corrected chi connectivity index (χ4v) is 2.25. The van der Waals surface area contributed by atoms with E-state index in [9.17, 15) is 9.18 Å². The number of piperidine rings is 1. The van der Waals surface area contributed by atoms with Crippen molar-refractivity contribution in [3.05, 3.63) is 24.0 Å². The van der Waals surface area contributed by atoms with Crippen molar-refractivity contribution in [2.45, 2.75) is 19.8 Å². The average molecular weight is 265 g/mol. The number of nitrogens with one attached hydrogen (secondary N) is 1. The van der Waals surface area contributed by atoms with Crippen molar-refractivity contribution < 1.29 is 9.18 Å². The molecule has 104 valence electrons. The van der Waals surface area contributed by atoms with E-state index in [4.69, 9.17) is 5.73 Å². The molecule has 2 rings (SSSR count). The number of nitrogens with two attached hydrogens (primary N) is 1. The standard InChI is InChI=1S/C14H20FN3O/c1-10-4-6-18(7-5-10)9-14(19)17-13-8-11(16)2-3-12(13)15/h2-3,8,10H,4-7,9,16H2,1H3,(H,17,19). The van der Waals surface area contributed by atoms with E-state index in [1.54, 1.807) is 0 Å². The zero-order valence-electron chi connectivity index (χ0n) is 11.2. The fraction of sp³-hybridized carbons (Fsp3) is 0.500. The summed E-state index contributed by atoms with van der Waals surface area (Å²) < 4.78 is 13.5. The number of carbonyl (C=O) groups is 1. The maximum Gasteiger partial charge on any atom is 0.238 e. The number of hydrogen-bond acceptors (Lipinski definition) is 3. The Morgan fingerprint density at radius 2 is 2.16 bits per heavy atom. The quantitative estimate of drug-likeness (QED) is 0.823. The zero-order chi connectivity index (χ0) is 13.8. The van der Waals surface area contributed by atoms with E-state index >= 15 is 0 Å². The van der Waals surface area contributed by atoms with Gasteiger partial charge in [0.15, 0.2) is 0 Å².